The van der Waals surface area contributed by atoms with Crippen LogP contribution in [0.3, 0.4) is 0 Å². The molecule has 2 atom stereocenters. The minimum Gasteiger partial charge on any atom is -0.394 e. The Morgan fingerprint density at radius 2 is 1.64 bits per heavy atom. The average Bonchev–Trinajstić information content (AvgIpc) is 2.26. The summed E-state index contributed by atoms with van der Waals surface area (Å²) in [7, 11) is 0. The first-order valence-corrected chi connectivity index (χ1v) is 4.75. The number of aliphatic hydroxyl groups excluding tert-OH is 3. The Kier molecular flexibility index (Phi) is 4.59. The zero-order valence-electron chi connectivity index (χ0n) is 8.00. The van der Waals surface area contributed by atoms with Crippen molar-refractivity contribution in [1.29, 1.82) is 0 Å². The predicted molar refractivity (Wildman–Crippen MR) is 53.9 cm³/mol. The fourth-order valence-electron chi connectivity index (χ4n) is 1.27. The van der Waals surface area contributed by atoms with E-state index < -0.39 is 18.8 Å². The van der Waals surface area contributed by atoms with Crippen molar-refractivity contribution in [3.05, 3.63) is 35.9 Å². The Bertz CT molecular complexity index is 248. The lowest BCUT2D eigenvalue weighted by atomic mass is 10.0. The largest absolute Gasteiger partial charge is 0.394 e. The molecule has 0 aliphatic heterocycles. The summed E-state index contributed by atoms with van der Waals surface area (Å²) in [5.41, 5.74) is 1.12. The van der Waals surface area contributed by atoms with Crippen molar-refractivity contribution in [2.24, 2.45) is 0 Å². The topological polar surface area (TPSA) is 60.7 Å². The Morgan fingerprint density at radius 3 is 2.21 bits per heavy atom. The van der Waals surface area contributed by atoms with Crippen molar-refractivity contribution >= 4 is 0 Å². The van der Waals surface area contributed by atoms with Gasteiger partial charge in [0.1, 0.15) is 6.10 Å². The second-order valence-corrected chi connectivity index (χ2v) is 3.34. The zero-order chi connectivity index (χ0) is 10.4. The first-order valence-electron chi connectivity index (χ1n) is 4.75. The summed E-state index contributed by atoms with van der Waals surface area (Å²) in [5.74, 6) is 0. The van der Waals surface area contributed by atoms with Crippen LogP contribution in [0.5, 0.6) is 0 Å². The highest BCUT2D eigenvalue weighted by molar-refractivity contribution is 5.14. The normalized spacial score (nSPS) is 15.1. The monoisotopic (exact) mass is 196 g/mol. The summed E-state index contributed by atoms with van der Waals surface area (Å²) in [5, 5.41) is 27.1. The third-order valence-electron chi connectivity index (χ3n) is 2.20. The molecule has 3 nitrogen and oxygen atoms in total. The van der Waals surface area contributed by atoms with Crippen molar-refractivity contribution in [2.45, 2.75) is 25.0 Å². The maximum Gasteiger partial charge on any atom is 0.103 e. The minimum absolute atomic E-state index is 0.393. The van der Waals surface area contributed by atoms with Gasteiger partial charge < -0.3 is 15.3 Å². The molecule has 1 aromatic carbocycles. The predicted octanol–water partition coefficient (Wildman–Crippen LogP) is 0.333. The highest BCUT2D eigenvalue weighted by atomic mass is 16.4. The molecule has 0 aliphatic carbocycles. The fourth-order valence-corrected chi connectivity index (χ4v) is 1.27. The lowest BCUT2D eigenvalue weighted by Crippen LogP contribution is -2.29. The Morgan fingerprint density at radius 1 is 1.00 bits per heavy atom. The van der Waals surface area contributed by atoms with E-state index in [4.69, 9.17) is 10.2 Å². The smallest absolute Gasteiger partial charge is 0.103 e. The fraction of sp³-hybridized carbons (Fsp3) is 0.455. The minimum atomic E-state index is -1.03. The van der Waals surface area contributed by atoms with Gasteiger partial charge in [0.05, 0.1) is 12.7 Å². The molecule has 0 amide bonds. The molecule has 0 fully saturated rings. The first kappa shape index (κ1) is 11.2. The molecule has 0 saturated carbocycles. The lowest BCUT2D eigenvalue weighted by Gasteiger charge is -2.14. The molecule has 3 N–H and O–H groups in total. The van der Waals surface area contributed by atoms with Crippen molar-refractivity contribution in [3.63, 3.8) is 0 Å². The number of rotatable bonds is 5. The molecule has 0 saturated heterocycles. The molecule has 1 aromatic rings. The van der Waals surface area contributed by atoms with Crippen molar-refractivity contribution in [3.8, 4) is 0 Å². The van der Waals surface area contributed by atoms with Crippen LogP contribution < -0.4 is 0 Å². The van der Waals surface area contributed by atoms with E-state index in [0.717, 1.165) is 5.56 Å². The van der Waals surface area contributed by atoms with Gasteiger partial charge in [0.2, 0.25) is 0 Å². The molecule has 0 heterocycles. The summed E-state index contributed by atoms with van der Waals surface area (Å²) in [6.07, 6.45) is -0.705. The molecule has 78 valence electrons. The van der Waals surface area contributed by atoms with E-state index >= 15 is 0 Å². The number of hydrogen-bond acceptors (Lipinski definition) is 3. The maximum atomic E-state index is 9.37. The van der Waals surface area contributed by atoms with E-state index in [0.29, 0.717) is 12.8 Å². The molecule has 1 rings (SSSR count). The number of benzene rings is 1. The molecule has 0 aliphatic rings. The highest BCUT2D eigenvalue weighted by Crippen LogP contribution is 2.07. The Labute approximate surface area is 83.6 Å². The summed E-state index contributed by atoms with van der Waals surface area (Å²) >= 11 is 0. The molecular formula is C11H16O3. The second kappa shape index (κ2) is 5.75. The van der Waals surface area contributed by atoms with Gasteiger partial charge >= 0.3 is 0 Å². The van der Waals surface area contributed by atoms with Crippen LogP contribution in [0.1, 0.15) is 12.0 Å². The van der Waals surface area contributed by atoms with Crippen molar-refractivity contribution in [1.82, 2.24) is 0 Å². The molecule has 0 bridgehead atoms. The number of aryl methyl sites for hydroxylation is 1. The van der Waals surface area contributed by atoms with E-state index in [2.05, 4.69) is 0 Å². The van der Waals surface area contributed by atoms with Gasteiger partial charge in [0, 0.05) is 0 Å². The standard InChI is InChI=1S/C11H16O3/c12-8-11(14)10(13)7-6-9-4-2-1-3-5-9/h1-5,10-14H,6-8H2/t10-,11-/m0/s1. The van der Waals surface area contributed by atoms with Gasteiger partial charge in [0.25, 0.3) is 0 Å². The van der Waals surface area contributed by atoms with Crippen LogP contribution in [0.2, 0.25) is 0 Å². The maximum absolute atomic E-state index is 9.37. The number of aliphatic hydroxyl groups is 3. The lowest BCUT2D eigenvalue weighted by molar-refractivity contribution is -0.0172. The van der Waals surface area contributed by atoms with Crippen LogP contribution >= 0.6 is 0 Å². The van der Waals surface area contributed by atoms with Crippen LogP contribution in [0, 0.1) is 0 Å². The third kappa shape index (κ3) is 3.46. The van der Waals surface area contributed by atoms with Crippen molar-refractivity contribution in [2.75, 3.05) is 6.61 Å². The van der Waals surface area contributed by atoms with Crippen molar-refractivity contribution < 1.29 is 15.3 Å². The second-order valence-electron chi connectivity index (χ2n) is 3.34. The van der Waals surface area contributed by atoms with Gasteiger partial charge in [-0.2, -0.15) is 0 Å². The first-order chi connectivity index (χ1) is 6.74. The molecular weight excluding hydrogens is 180 g/mol. The molecule has 0 radical (unpaired) electrons. The van der Waals surface area contributed by atoms with Crippen LogP contribution in [-0.4, -0.2) is 34.1 Å². The van der Waals surface area contributed by atoms with Gasteiger partial charge in [-0.05, 0) is 18.4 Å². The Balaban J connectivity index is 2.34. The van der Waals surface area contributed by atoms with Gasteiger partial charge in [-0.15, -0.1) is 0 Å². The van der Waals surface area contributed by atoms with Gasteiger partial charge in [-0.3, -0.25) is 0 Å². The Hall–Kier alpha value is -0.900. The van der Waals surface area contributed by atoms with Crippen LogP contribution in [0.4, 0.5) is 0 Å². The summed E-state index contributed by atoms with van der Waals surface area (Å²) < 4.78 is 0. The van der Waals surface area contributed by atoms with Crippen LogP contribution in [-0.2, 0) is 6.42 Å². The van der Waals surface area contributed by atoms with E-state index in [9.17, 15) is 5.11 Å². The number of hydrogen-bond donors (Lipinski definition) is 3. The molecule has 14 heavy (non-hydrogen) atoms. The molecule has 0 spiro atoms. The highest BCUT2D eigenvalue weighted by Gasteiger charge is 2.14. The molecule has 0 aromatic heterocycles. The van der Waals surface area contributed by atoms with E-state index in [-0.39, 0.29) is 0 Å². The van der Waals surface area contributed by atoms with E-state index in [1.807, 2.05) is 30.3 Å². The van der Waals surface area contributed by atoms with Gasteiger partial charge in [-0.25, -0.2) is 0 Å². The van der Waals surface area contributed by atoms with Crippen LogP contribution in [0.25, 0.3) is 0 Å². The summed E-state index contributed by atoms with van der Waals surface area (Å²) in [6, 6.07) is 9.74. The molecule has 3 heteroatoms. The average molecular weight is 196 g/mol. The van der Waals surface area contributed by atoms with Gasteiger partial charge in [0.15, 0.2) is 0 Å². The zero-order valence-corrected chi connectivity index (χ0v) is 8.00. The van der Waals surface area contributed by atoms with Gasteiger partial charge in [-0.1, -0.05) is 30.3 Å². The van der Waals surface area contributed by atoms with E-state index in [1.54, 1.807) is 0 Å². The third-order valence-corrected chi connectivity index (χ3v) is 2.20. The SMILES string of the molecule is OC[C@H](O)[C@@H](O)CCc1ccccc1. The van der Waals surface area contributed by atoms with Crippen LogP contribution in [0.15, 0.2) is 30.3 Å². The summed E-state index contributed by atoms with van der Waals surface area (Å²) in [4.78, 5) is 0. The van der Waals surface area contributed by atoms with E-state index in [1.165, 1.54) is 0 Å². The summed E-state index contributed by atoms with van der Waals surface area (Å²) in [6.45, 7) is -0.393. The quantitative estimate of drug-likeness (QED) is 0.636. The molecule has 0 unspecified atom stereocenters.